The summed E-state index contributed by atoms with van der Waals surface area (Å²) in [6.45, 7) is -0.187. The molecule has 0 saturated carbocycles. The second kappa shape index (κ2) is 8.46. The summed E-state index contributed by atoms with van der Waals surface area (Å²) in [5.74, 6) is -0.269. The molecule has 10 heteroatoms. The van der Waals surface area contributed by atoms with Gasteiger partial charge in [0.2, 0.25) is 0 Å². The number of nitrogens with zero attached hydrogens (tertiary/aromatic N) is 3. The molecule has 3 aromatic rings. The van der Waals surface area contributed by atoms with E-state index >= 15 is 0 Å². The van der Waals surface area contributed by atoms with Gasteiger partial charge in [-0.25, -0.2) is 14.0 Å². The monoisotopic (exact) mass is 487 g/mol. The summed E-state index contributed by atoms with van der Waals surface area (Å²) in [5, 5.41) is 3.31. The first kappa shape index (κ1) is 21.0. The Kier molecular flexibility index (Phi) is 5.73. The number of hydrogen-bond acceptors (Lipinski definition) is 4. The minimum atomic E-state index is -1.30. The summed E-state index contributed by atoms with van der Waals surface area (Å²) in [7, 11) is 0. The van der Waals surface area contributed by atoms with Crippen LogP contribution in [-0.4, -0.2) is 51.1 Å². The third kappa shape index (κ3) is 4.29. The summed E-state index contributed by atoms with van der Waals surface area (Å²) in [5.41, 5.74) is 6.96. The Morgan fingerprint density at radius 2 is 2.03 bits per heavy atom. The number of Topliss-reactive ketones (excluding diaryl/α,β-unsaturated/α-hetero) is 1. The maximum absolute atomic E-state index is 14.2. The molecule has 31 heavy (non-hydrogen) atoms. The van der Waals surface area contributed by atoms with E-state index in [1.807, 2.05) is 0 Å². The van der Waals surface area contributed by atoms with Crippen LogP contribution in [0.2, 0.25) is 0 Å². The molecule has 2 atom stereocenters. The molecule has 1 aliphatic rings. The van der Waals surface area contributed by atoms with Crippen LogP contribution in [0.3, 0.4) is 0 Å². The summed E-state index contributed by atoms with van der Waals surface area (Å²) in [6, 6.07) is 6.49. The first-order chi connectivity index (χ1) is 14.8. The number of para-hydroxylation sites is 1. The largest absolute Gasteiger partial charge is 0.351 e. The van der Waals surface area contributed by atoms with Gasteiger partial charge in [-0.3, -0.25) is 14.3 Å². The van der Waals surface area contributed by atoms with Crippen molar-refractivity contribution in [1.29, 1.82) is 0 Å². The lowest BCUT2D eigenvalue weighted by Crippen LogP contribution is -2.43. The second-order valence-corrected chi connectivity index (χ2v) is 8.27. The topological polar surface area (TPSA) is 110 Å². The molecule has 8 nitrogen and oxygen atoms in total. The number of benzene rings is 1. The number of ketones is 1. The van der Waals surface area contributed by atoms with E-state index in [9.17, 15) is 18.8 Å². The van der Waals surface area contributed by atoms with Crippen LogP contribution >= 0.6 is 15.9 Å². The number of likely N-dealkylation sites (tertiary alicyclic amines) is 1. The van der Waals surface area contributed by atoms with E-state index in [1.54, 1.807) is 42.7 Å². The van der Waals surface area contributed by atoms with Gasteiger partial charge in [0.1, 0.15) is 6.17 Å². The number of carbonyl (C=O) groups excluding carboxylic acids is 3. The van der Waals surface area contributed by atoms with Crippen molar-refractivity contribution >= 4 is 50.4 Å². The molecule has 0 spiro atoms. The third-order valence-corrected chi connectivity index (χ3v) is 5.65. The zero-order valence-electron chi connectivity index (χ0n) is 16.3. The van der Waals surface area contributed by atoms with E-state index in [-0.39, 0.29) is 25.2 Å². The number of anilines is 1. The van der Waals surface area contributed by atoms with Crippen molar-refractivity contribution in [3.63, 3.8) is 0 Å². The van der Waals surface area contributed by atoms with Crippen LogP contribution in [0.5, 0.6) is 0 Å². The minimum Gasteiger partial charge on any atom is -0.351 e. The van der Waals surface area contributed by atoms with Gasteiger partial charge in [-0.1, -0.05) is 18.2 Å². The van der Waals surface area contributed by atoms with Gasteiger partial charge in [-0.05, 0) is 33.6 Å². The number of urea groups is 1. The van der Waals surface area contributed by atoms with Crippen molar-refractivity contribution in [1.82, 2.24) is 14.5 Å². The first-order valence-corrected chi connectivity index (χ1v) is 10.4. The normalized spacial score (nSPS) is 18.3. The molecule has 2 aromatic heterocycles. The van der Waals surface area contributed by atoms with E-state index in [2.05, 4.69) is 26.2 Å². The van der Waals surface area contributed by atoms with E-state index < -0.39 is 24.3 Å². The molecule has 4 rings (SSSR count). The smallest absolute Gasteiger partial charge is 0.323 e. The van der Waals surface area contributed by atoms with Crippen LogP contribution in [0.1, 0.15) is 12.0 Å². The molecule has 1 fully saturated rings. The highest BCUT2D eigenvalue weighted by Gasteiger charge is 2.39. The Hall–Kier alpha value is -3.27. The fourth-order valence-electron chi connectivity index (χ4n) is 3.83. The molecule has 0 radical (unpaired) electrons. The molecule has 3 N–H and O–H groups in total. The quantitative estimate of drug-likeness (QED) is 0.586. The minimum absolute atomic E-state index is 0.0363. The zero-order valence-corrected chi connectivity index (χ0v) is 17.9. The zero-order chi connectivity index (χ0) is 22.1. The lowest BCUT2D eigenvalue weighted by atomic mass is 10.0. The SMILES string of the molecule is NC(=O)n1cc(NC(=O)N2C[C@H](F)C[C@H]2C(=O)Cc2cncc(Br)c2)c2ccccc21. The van der Waals surface area contributed by atoms with Crippen molar-refractivity contribution in [2.45, 2.75) is 25.1 Å². The average molecular weight is 488 g/mol. The molecule has 1 aliphatic heterocycles. The number of hydrogen-bond donors (Lipinski definition) is 2. The molecule has 0 aliphatic carbocycles. The maximum Gasteiger partial charge on any atom is 0.323 e. The average Bonchev–Trinajstić information content (AvgIpc) is 3.29. The summed E-state index contributed by atoms with van der Waals surface area (Å²) < 4.78 is 16.1. The predicted molar refractivity (Wildman–Crippen MR) is 117 cm³/mol. The fourth-order valence-corrected chi connectivity index (χ4v) is 4.25. The number of primary amides is 1. The Bertz CT molecular complexity index is 1180. The van der Waals surface area contributed by atoms with E-state index in [4.69, 9.17) is 5.73 Å². The standard InChI is InChI=1S/C21H19BrFN5O3/c22-13-5-12(8-25-9-13)6-19(29)18-7-14(23)10-28(18)21(31)26-16-11-27(20(24)30)17-4-2-1-3-15(16)17/h1-5,8-9,11,14,18H,6-7,10H2,(H2,24,30)(H,26,31)/t14-,18+/m1/s1. The second-order valence-electron chi connectivity index (χ2n) is 7.35. The number of pyridine rings is 1. The summed E-state index contributed by atoms with van der Waals surface area (Å²) in [4.78, 5) is 42.7. The number of aromatic nitrogens is 2. The van der Waals surface area contributed by atoms with Crippen LogP contribution in [0, 0.1) is 0 Å². The van der Waals surface area contributed by atoms with Gasteiger partial charge in [0.25, 0.3) is 0 Å². The van der Waals surface area contributed by atoms with E-state index in [1.165, 1.54) is 15.7 Å². The van der Waals surface area contributed by atoms with Gasteiger partial charge in [0, 0.05) is 41.3 Å². The van der Waals surface area contributed by atoms with Crippen LogP contribution in [0.4, 0.5) is 19.7 Å². The highest BCUT2D eigenvalue weighted by Crippen LogP contribution is 2.28. The third-order valence-electron chi connectivity index (χ3n) is 5.21. The number of nitrogens with one attached hydrogen (secondary N) is 1. The van der Waals surface area contributed by atoms with Crippen LogP contribution in [0.25, 0.3) is 10.9 Å². The number of fused-ring (bicyclic) bond motifs is 1. The van der Waals surface area contributed by atoms with E-state index in [0.717, 1.165) is 4.47 Å². The number of carbonyl (C=O) groups is 3. The van der Waals surface area contributed by atoms with Gasteiger partial charge in [0.05, 0.1) is 23.8 Å². The van der Waals surface area contributed by atoms with Crippen molar-refractivity contribution < 1.29 is 18.8 Å². The van der Waals surface area contributed by atoms with Gasteiger partial charge in [-0.15, -0.1) is 0 Å². The summed E-state index contributed by atoms with van der Waals surface area (Å²) >= 11 is 3.31. The summed E-state index contributed by atoms with van der Waals surface area (Å²) in [6.07, 6.45) is 3.26. The molecular weight excluding hydrogens is 469 g/mol. The van der Waals surface area contributed by atoms with Crippen molar-refractivity contribution in [2.75, 3.05) is 11.9 Å². The molecule has 3 heterocycles. The Morgan fingerprint density at radius 1 is 1.26 bits per heavy atom. The number of alkyl halides is 1. The van der Waals surface area contributed by atoms with Gasteiger partial charge >= 0.3 is 12.1 Å². The maximum atomic E-state index is 14.2. The Labute approximate surface area is 185 Å². The fraction of sp³-hybridized carbons (Fsp3) is 0.238. The molecule has 3 amide bonds. The van der Waals surface area contributed by atoms with Crippen LogP contribution in [-0.2, 0) is 11.2 Å². The molecule has 0 unspecified atom stereocenters. The van der Waals surface area contributed by atoms with Crippen LogP contribution in [0.15, 0.2) is 53.4 Å². The van der Waals surface area contributed by atoms with Gasteiger partial charge in [-0.2, -0.15) is 0 Å². The molecule has 1 aromatic carbocycles. The number of halogens is 2. The highest BCUT2D eigenvalue weighted by molar-refractivity contribution is 9.10. The number of amides is 3. The molecular formula is C21H19BrFN5O3. The predicted octanol–water partition coefficient (Wildman–Crippen LogP) is 3.48. The molecule has 160 valence electrons. The Balaban J connectivity index is 1.55. The lowest BCUT2D eigenvalue weighted by Gasteiger charge is -2.23. The van der Waals surface area contributed by atoms with Crippen molar-refractivity contribution in [3.8, 4) is 0 Å². The van der Waals surface area contributed by atoms with Crippen molar-refractivity contribution in [3.05, 3.63) is 59.0 Å². The number of nitrogens with two attached hydrogens (primary N) is 1. The highest BCUT2D eigenvalue weighted by atomic mass is 79.9. The Morgan fingerprint density at radius 3 is 2.77 bits per heavy atom. The number of rotatable bonds is 4. The van der Waals surface area contributed by atoms with Crippen LogP contribution < -0.4 is 11.1 Å². The van der Waals surface area contributed by atoms with Gasteiger partial charge in [0.15, 0.2) is 5.78 Å². The molecule has 1 saturated heterocycles. The van der Waals surface area contributed by atoms with Gasteiger partial charge < -0.3 is 16.0 Å². The first-order valence-electron chi connectivity index (χ1n) is 9.57. The lowest BCUT2D eigenvalue weighted by molar-refractivity contribution is -0.121. The van der Waals surface area contributed by atoms with E-state index in [0.29, 0.717) is 22.2 Å². The molecule has 0 bridgehead atoms. The van der Waals surface area contributed by atoms with Crippen molar-refractivity contribution in [2.24, 2.45) is 5.73 Å².